The molecule has 1 amide bonds. The lowest BCUT2D eigenvalue weighted by Crippen LogP contribution is -2.41. The molecule has 0 aromatic heterocycles. The van der Waals surface area contributed by atoms with Crippen LogP contribution in [0.4, 0.5) is 0 Å². The van der Waals surface area contributed by atoms with Crippen LogP contribution in [0.25, 0.3) is 0 Å². The average Bonchev–Trinajstić information content (AvgIpc) is 2.49. The molecule has 1 aromatic rings. The summed E-state index contributed by atoms with van der Waals surface area (Å²) in [6.45, 7) is 2.14. The largest absolute Gasteiger partial charge is 0.353 e. The molecule has 0 aliphatic heterocycles. The lowest BCUT2D eigenvalue weighted by Gasteiger charge is -2.29. The summed E-state index contributed by atoms with van der Waals surface area (Å²) in [6.07, 6.45) is 4.51. The van der Waals surface area contributed by atoms with Crippen molar-refractivity contribution in [3.05, 3.63) is 30.3 Å². The van der Waals surface area contributed by atoms with Gasteiger partial charge in [-0.15, -0.1) is 0 Å². The topological polar surface area (TPSA) is 63.2 Å². The SMILES string of the molecule is C[C@@H]1CCCC[C@@H]1NC(=O)CCS(=O)(=O)c1ccccc1. The molecule has 0 spiro atoms. The van der Waals surface area contributed by atoms with Crippen molar-refractivity contribution in [2.24, 2.45) is 5.92 Å². The molecule has 1 aliphatic carbocycles. The summed E-state index contributed by atoms with van der Waals surface area (Å²) in [7, 11) is -3.37. The fraction of sp³-hybridized carbons (Fsp3) is 0.562. The molecule has 2 atom stereocenters. The highest BCUT2D eigenvalue weighted by atomic mass is 32.2. The van der Waals surface area contributed by atoms with Crippen LogP contribution in [-0.2, 0) is 14.6 Å². The third-order valence-electron chi connectivity index (χ3n) is 4.16. The molecule has 0 radical (unpaired) electrons. The molecule has 1 saturated carbocycles. The van der Waals surface area contributed by atoms with Crippen molar-refractivity contribution in [3.63, 3.8) is 0 Å². The maximum Gasteiger partial charge on any atom is 0.221 e. The van der Waals surface area contributed by atoms with Gasteiger partial charge >= 0.3 is 0 Å². The molecule has 21 heavy (non-hydrogen) atoms. The zero-order chi connectivity index (χ0) is 15.3. The van der Waals surface area contributed by atoms with Gasteiger partial charge in [-0.3, -0.25) is 4.79 Å². The van der Waals surface area contributed by atoms with Gasteiger partial charge in [0.25, 0.3) is 0 Å². The Morgan fingerprint density at radius 2 is 1.86 bits per heavy atom. The Morgan fingerprint density at radius 3 is 2.52 bits per heavy atom. The summed E-state index contributed by atoms with van der Waals surface area (Å²) in [6, 6.07) is 8.49. The van der Waals surface area contributed by atoms with Crippen molar-refractivity contribution in [2.45, 2.75) is 50.0 Å². The van der Waals surface area contributed by atoms with E-state index in [-0.39, 0.29) is 29.0 Å². The first-order valence-electron chi connectivity index (χ1n) is 7.56. The first-order valence-corrected chi connectivity index (χ1v) is 9.21. The monoisotopic (exact) mass is 309 g/mol. The fourth-order valence-corrected chi connectivity index (χ4v) is 4.04. The molecule has 5 heteroatoms. The van der Waals surface area contributed by atoms with Gasteiger partial charge in [0.1, 0.15) is 0 Å². The second-order valence-electron chi connectivity index (χ2n) is 5.82. The van der Waals surface area contributed by atoms with Gasteiger partial charge in [-0.2, -0.15) is 0 Å². The highest BCUT2D eigenvalue weighted by Crippen LogP contribution is 2.23. The zero-order valence-corrected chi connectivity index (χ0v) is 13.2. The normalized spacial score (nSPS) is 22.7. The minimum atomic E-state index is -3.37. The summed E-state index contributed by atoms with van der Waals surface area (Å²) < 4.78 is 24.2. The number of hydrogen-bond acceptors (Lipinski definition) is 3. The number of hydrogen-bond donors (Lipinski definition) is 1. The molecular formula is C16H23NO3S. The van der Waals surface area contributed by atoms with E-state index in [2.05, 4.69) is 12.2 Å². The van der Waals surface area contributed by atoms with Crippen LogP contribution in [0, 0.1) is 5.92 Å². The summed E-state index contributed by atoms with van der Waals surface area (Å²) in [5.74, 6) is 0.186. The first-order chi connectivity index (χ1) is 9.99. The molecule has 4 nitrogen and oxygen atoms in total. The van der Waals surface area contributed by atoms with E-state index in [0.29, 0.717) is 5.92 Å². The van der Waals surface area contributed by atoms with Crippen LogP contribution in [0.5, 0.6) is 0 Å². The van der Waals surface area contributed by atoms with E-state index in [1.54, 1.807) is 30.3 Å². The Balaban J connectivity index is 1.86. The number of rotatable bonds is 5. The standard InChI is InChI=1S/C16H23NO3S/c1-13-7-5-6-10-15(13)17-16(18)11-12-21(19,20)14-8-3-2-4-9-14/h2-4,8-9,13,15H,5-7,10-12H2,1H3,(H,17,18)/t13-,15+/m1/s1. The van der Waals surface area contributed by atoms with Gasteiger partial charge in [0.15, 0.2) is 9.84 Å². The van der Waals surface area contributed by atoms with E-state index in [1.807, 2.05) is 0 Å². The molecule has 0 bridgehead atoms. The Kier molecular flexibility index (Phi) is 5.39. The molecule has 2 rings (SSSR count). The molecule has 0 unspecified atom stereocenters. The Hall–Kier alpha value is -1.36. The Labute approximate surface area is 126 Å². The Bertz CT molecular complexity index is 568. The van der Waals surface area contributed by atoms with Gasteiger partial charge in [-0.05, 0) is 30.9 Å². The van der Waals surface area contributed by atoms with Crippen LogP contribution in [0.1, 0.15) is 39.0 Å². The summed E-state index contributed by atoms with van der Waals surface area (Å²) in [5, 5.41) is 2.99. The minimum Gasteiger partial charge on any atom is -0.353 e. The van der Waals surface area contributed by atoms with E-state index >= 15 is 0 Å². The van der Waals surface area contributed by atoms with Gasteiger partial charge in [0.2, 0.25) is 5.91 Å². The zero-order valence-electron chi connectivity index (χ0n) is 12.4. The third-order valence-corrected chi connectivity index (χ3v) is 5.89. The molecule has 1 N–H and O–H groups in total. The van der Waals surface area contributed by atoms with Crippen molar-refractivity contribution in [1.29, 1.82) is 0 Å². The Morgan fingerprint density at radius 1 is 1.19 bits per heavy atom. The minimum absolute atomic E-state index is 0.0282. The molecule has 0 saturated heterocycles. The van der Waals surface area contributed by atoms with E-state index in [9.17, 15) is 13.2 Å². The van der Waals surface area contributed by atoms with Gasteiger partial charge in [-0.1, -0.05) is 38.0 Å². The van der Waals surface area contributed by atoms with Crippen molar-refractivity contribution >= 4 is 15.7 Å². The summed E-state index contributed by atoms with van der Waals surface area (Å²) >= 11 is 0. The highest BCUT2D eigenvalue weighted by molar-refractivity contribution is 7.91. The summed E-state index contributed by atoms with van der Waals surface area (Å²) in [4.78, 5) is 12.2. The van der Waals surface area contributed by atoms with Crippen LogP contribution in [0.15, 0.2) is 35.2 Å². The third kappa shape index (κ3) is 4.56. The molecule has 1 aromatic carbocycles. The number of benzene rings is 1. The van der Waals surface area contributed by atoms with Crippen molar-refractivity contribution in [2.75, 3.05) is 5.75 Å². The quantitative estimate of drug-likeness (QED) is 0.909. The van der Waals surface area contributed by atoms with Crippen LogP contribution in [0.2, 0.25) is 0 Å². The van der Waals surface area contributed by atoms with Crippen LogP contribution >= 0.6 is 0 Å². The van der Waals surface area contributed by atoms with Crippen LogP contribution in [-0.4, -0.2) is 26.1 Å². The predicted octanol–water partition coefficient (Wildman–Crippen LogP) is 2.55. The maximum atomic E-state index is 12.1. The number of nitrogens with one attached hydrogen (secondary N) is 1. The number of carbonyl (C=O) groups is 1. The molecule has 1 aliphatic rings. The van der Waals surface area contributed by atoms with Gasteiger partial charge in [0, 0.05) is 12.5 Å². The molecular weight excluding hydrogens is 286 g/mol. The second kappa shape index (κ2) is 7.07. The smallest absolute Gasteiger partial charge is 0.221 e. The molecule has 116 valence electrons. The lowest BCUT2D eigenvalue weighted by molar-refractivity contribution is -0.122. The predicted molar refractivity (Wildman–Crippen MR) is 82.7 cm³/mol. The van der Waals surface area contributed by atoms with E-state index in [4.69, 9.17) is 0 Å². The lowest BCUT2D eigenvalue weighted by atomic mass is 9.86. The van der Waals surface area contributed by atoms with Gasteiger partial charge in [-0.25, -0.2) is 8.42 Å². The van der Waals surface area contributed by atoms with Crippen molar-refractivity contribution < 1.29 is 13.2 Å². The first kappa shape index (κ1) is 16.0. The van der Waals surface area contributed by atoms with Gasteiger partial charge in [0.05, 0.1) is 10.6 Å². The van der Waals surface area contributed by atoms with Gasteiger partial charge < -0.3 is 5.32 Å². The highest BCUT2D eigenvalue weighted by Gasteiger charge is 2.23. The maximum absolute atomic E-state index is 12.1. The number of amides is 1. The van der Waals surface area contributed by atoms with E-state index in [0.717, 1.165) is 19.3 Å². The fourth-order valence-electron chi connectivity index (χ4n) is 2.78. The molecule has 0 heterocycles. The second-order valence-corrected chi connectivity index (χ2v) is 7.93. The average molecular weight is 309 g/mol. The number of carbonyl (C=O) groups excluding carboxylic acids is 1. The summed E-state index contributed by atoms with van der Waals surface area (Å²) in [5.41, 5.74) is 0. The van der Waals surface area contributed by atoms with Crippen molar-refractivity contribution in [1.82, 2.24) is 5.32 Å². The number of sulfone groups is 1. The van der Waals surface area contributed by atoms with Crippen LogP contribution < -0.4 is 5.32 Å². The van der Waals surface area contributed by atoms with E-state index in [1.165, 1.54) is 6.42 Å². The van der Waals surface area contributed by atoms with E-state index < -0.39 is 9.84 Å². The molecule has 1 fully saturated rings. The van der Waals surface area contributed by atoms with Crippen molar-refractivity contribution in [3.8, 4) is 0 Å². The van der Waals surface area contributed by atoms with Crippen LogP contribution in [0.3, 0.4) is 0 Å².